The molecule has 0 fully saturated rings. The molecule has 0 spiro atoms. The number of carboxylic acid groups (broad SMARTS) is 1. The number of aromatic nitrogens is 1. The number of pyridine rings is 1. The van der Waals surface area contributed by atoms with E-state index in [1.165, 1.54) is 13.8 Å². The van der Waals surface area contributed by atoms with E-state index in [-0.39, 0.29) is 12.6 Å². The molecule has 7 nitrogen and oxygen atoms in total. The van der Waals surface area contributed by atoms with Crippen LogP contribution in [0.5, 0.6) is 5.75 Å². The Bertz CT molecular complexity index is 837. The van der Waals surface area contributed by atoms with Crippen molar-refractivity contribution in [2.75, 3.05) is 18.7 Å². The van der Waals surface area contributed by atoms with Crippen LogP contribution in [0.1, 0.15) is 33.3 Å². The van der Waals surface area contributed by atoms with E-state index in [1.54, 1.807) is 13.3 Å². The summed E-state index contributed by atoms with van der Waals surface area (Å²) in [5.41, 5.74) is 3.91. The first-order valence-electron chi connectivity index (χ1n) is 9.61. The Morgan fingerprint density at radius 1 is 1.24 bits per heavy atom. The Morgan fingerprint density at radius 3 is 2.62 bits per heavy atom. The fourth-order valence-corrected chi connectivity index (χ4v) is 2.67. The third-order valence-electron chi connectivity index (χ3n) is 4.28. The number of benzene rings is 1. The Kier molecular flexibility index (Phi) is 7.75. The Balaban J connectivity index is 0.00000145. The van der Waals surface area contributed by atoms with Gasteiger partial charge in [-0.15, -0.1) is 0 Å². The zero-order chi connectivity index (χ0) is 21.4. The number of anilines is 1. The van der Waals surface area contributed by atoms with E-state index >= 15 is 0 Å². The van der Waals surface area contributed by atoms with Crippen molar-refractivity contribution < 1.29 is 19.4 Å². The Morgan fingerprint density at radius 2 is 2.00 bits per heavy atom. The van der Waals surface area contributed by atoms with Gasteiger partial charge in [-0.1, -0.05) is 32.0 Å². The first kappa shape index (κ1) is 22.4. The van der Waals surface area contributed by atoms with Crippen LogP contribution in [0.4, 0.5) is 5.82 Å². The highest BCUT2D eigenvalue weighted by Gasteiger charge is 2.32. The van der Waals surface area contributed by atoms with E-state index in [0.29, 0.717) is 0 Å². The van der Waals surface area contributed by atoms with Gasteiger partial charge in [0.1, 0.15) is 11.6 Å². The van der Waals surface area contributed by atoms with Crippen LogP contribution in [0, 0.1) is 0 Å². The maximum Gasteiger partial charge on any atom is 0.335 e. The van der Waals surface area contributed by atoms with Gasteiger partial charge in [-0.05, 0) is 44.2 Å². The number of ether oxygens (including phenoxy) is 2. The molecule has 0 bridgehead atoms. The van der Waals surface area contributed by atoms with Crippen LogP contribution in [-0.2, 0) is 9.53 Å². The summed E-state index contributed by atoms with van der Waals surface area (Å²) in [6, 6.07) is 13.2. The van der Waals surface area contributed by atoms with Gasteiger partial charge in [-0.25, -0.2) is 15.2 Å². The van der Waals surface area contributed by atoms with E-state index in [1.807, 2.05) is 67.4 Å². The number of hydrogen-bond donors (Lipinski definition) is 2. The fourth-order valence-electron chi connectivity index (χ4n) is 2.67. The van der Waals surface area contributed by atoms with Gasteiger partial charge in [0.15, 0.2) is 5.60 Å². The molecule has 0 aliphatic carbocycles. The van der Waals surface area contributed by atoms with Crippen molar-refractivity contribution in [3.05, 3.63) is 60.3 Å². The topological polar surface area (TPSA) is 83.9 Å². The number of nitrogens with one attached hydrogen (secondary N) is 1. The smallest absolute Gasteiger partial charge is 0.335 e. The van der Waals surface area contributed by atoms with Gasteiger partial charge in [0, 0.05) is 11.8 Å². The van der Waals surface area contributed by atoms with Crippen molar-refractivity contribution in [3.63, 3.8) is 0 Å². The van der Waals surface area contributed by atoms with Gasteiger partial charge in [0.2, 0.25) is 0 Å². The number of carboxylic acids is 1. The quantitative estimate of drug-likeness (QED) is 0.734. The highest BCUT2D eigenvalue weighted by Crippen LogP contribution is 2.30. The van der Waals surface area contributed by atoms with Crippen LogP contribution < -0.4 is 15.2 Å². The van der Waals surface area contributed by atoms with E-state index in [9.17, 15) is 9.90 Å². The summed E-state index contributed by atoms with van der Waals surface area (Å²) in [6.07, 6.45) is 3.72. The molecule has 1 unspecified atom stereocenters. The summed E-state index contributed by atoms with van der Waals surface area (Å²) >= 11 is 0. The lowest BCUT2D eigenvalue weighted by atomic mass is 10.1. The summed E-state index contributed by atoms with van der Waals surface area (Å²) in [5.74, 6) is 0.478. The second kappa shape index (κ2) is 10.0. The molecule has 1 aromatic heterocycles. The molecular formula is C22H29N3O4. The molecule has 0 saturated carbocycles. The third-order valence-corrected chi connectivity index (χ3v) is 4.28. The second-order valence-electron chi connectivity index (χ2n) is 6.67. The molecule has 0 saturated heterocycles. The highest BCUT2D eigenvalue weighted by atomic mass is 16.5. The molecule has 0 amide bonds. The largest absolute Gasteiger partial charge is 0.497 e. The molecule has 7 heteroatoms. The number of hydrogen-bond acceptors (Lipinski definition) is 6. The lowest BCUT2D eigenvalue weighted by Crippen LogP contribution is -2.43. The number of nitrogens with zero attached hydrogens (tertiary/aromatic N) is 2. The van der Waals surface area contributed by atoms with Crippen molar-refractivity contribution in [3.8, 4) is 5.75 Å². The predicted octanol–water partition coefficient (Wildman–Crippen LogP) is 3.73. The minimum Gasteiger partial charge on any atom is -0.497 e. The average Bonchev–Trinajstić information content (AvgIpc) is 3.19. The standard InChI is InChI=1S/C20H23N3O4.C2H6/c1-20(2,19(24)25)27-13-15-12-17(14-7-6-8-16(11-14)26-3)23(22-15)18-9-4-5-10-21-18;1-2/h4-12,15,22H,13H2,1-3H3,(H,24,25);1-2H3. The molecule has 1 aliphatic heterocycles. The number of hydrazine groups is 1. The molecular weight excluding hydrogens is 370 g/mol. The number of rotatable bonds is 7. The minimum atomic E-state index is -1.26. The molecule has 2 aromatic rings. The van der Waals surface area contributed by atoms with Crippen LogP contribution >= 0.6 is 0 Å². The van der Waals surface area contributed by atoms with Crippen molar-refractivity contribution in [1.29, 1.82) is 0 Å². The zero-order valence-corrected chi connectivity index (χ0v) is 17.5. The summed E-state index contributed by atoms with van der Waals surface area (Å²) in [6.45, 7) is 7.27. The molecule has 1 aromatic carbocycles. The van der Waals surface area contributed by atoms with Gasteiger partial charge in [-0.2, -0.15) is 0 Å². The Labute approximate surface area is 171 Å². The van der Waals surface area contributed by atoms with Crippen molar-refractivity contribution in [2.24, 2.45) is 0 Å². The van der Waals surface area contributed by atoms with Gasteiger partial charge in [0.25, 0.3) is 0 Å². The molecule has 3 rings (SSSR count). The molecule has 0 radical (unpaired) electrons. The van der Waals surface area contributed by atoms with Crippen LogP contribution in [0.2, 0.25) is 0 Å². The van der Waals surface area contributed by atoms with Gasteiger partial charge in [-0.3, -0.25) is 5.01 Å². The molecule has 2 N–H and O–H groups in total. The maximum absolute atomic E-state index is 11.3. The monoisotopic (exact) mass is 399 g/mol. The van der Waals surface area contributed by atoms with Crippen LogP contribution in [0.15, 0.2) is 54.7 Å². The summed E-state index contributed by atoms with van der Waals surface area (Å²) in [7, 11) is 1.63. The van der Waals surface area contributed by atoms with Crippen LogP contribution in [0.3, 0.4) is 0 Å². The number of methoxy groups -OCH3 is 1. The first-order valence-corrected chi connectivity index (χ1v) is 9.61. The molecule has 156 valence electrons. The summed E-state index contributed by atoms with van der Waals surface area (Å²) in [4.78, 5) is 15.7. The lowest BCUT2D eigenvalue weighted by Gasteiger charge is -2.25. The van der Waals surface area contributed by atoms with Gasteiger partial charge in [0.05, 0.1) is 25.5 Å². The van der Waals surface area contributed by atoms with Gasteiger partial charge < -0.3 is 14.6 Å². The van der Waals surface area contributed by atoms with E-state index in [4.69, 9.17) is 9.47 Å². The number of carbonyl (C=O) groups is 1. The average molecular weight is 399 g/mol. The number of aliphatic carboxylic acids is 1. The van der Waals surface area contributed by atoms with E-state index in [2.05, 4.69) is 10.4 Å². The summed E-state index contributed by atoms with van der Waals surface area (Å²) in [5, 5.41) is 11.1. The SMILES string of the molecule is CC.COc1cccc(C2=CC(COC(C)(C)C(=O)O)NN2c2ccccn2)c1. The fraction of sp³-hybridized carbons (Fsp3) is 0.364. The van der Waals surface area contributed by atoms with Crippen molar-refractivity contribution in [1.82, 2.24) is 10.4 Å². The second-order valence-corrected chi connectivity index (χ2v) is 6.67. The molecule has 2 heterocycles. The zero-order valence-electron chi connectivity index (χ0n) is 17.5. The molecule has 29 heavy (non-hydrogen) atoms. The predicted molar refractivity (Wildman–Crippen MR) is 114 cm³/mol. The normalized spacial score (nSPS) is 16.0. The van der Waals surface area contributed by atoms with Crippen molar-refractivity contribution in [2.45, 2.75) is 39.3 Å². The van der Waals surface area contributed by atoms with E-state index in [0.717, 1.165) is 22.8 Å². The molecule has 1 aliphatic rings. The summed E-state index contributed by atoms with van der Waals surface area (Å²) < 4.78 is 10.9. The van der Waals surface area contributed by atoms with Crippen molar-refractivity contribution >= 4 is 17.5 Å². The van der Waals surface area contributed by atoms with Crippen LogP contribution in [-0.4, -0.2) is 41.4 Å². The maximum atomic E-state index is 11.3. The lowest BCUT2D eigenvalue weighted by molar-refractivity contribution is -0.161. The first-order chi connectivity index (χ1) is 13.9. The third kappa shape index (κ3) is 5.56. The Hall–Kier alpha value is -2.90. The highest BCUT2D eigenvalue weighted by molar-refractivity contribution is 5.80. The van der Waals surface area contributed by atoms with Gasteiger partial charge >= 0.3 is 5.97 Å². The molecule has 1 atom stereocenters. The van der Waals surface area contributed by atoms with Crippen LogP contribution in [0.25, 0.3) is 5.70 Å². The van der Waals surface area contributed by atoms with E-state index < -0.39 is 11.6 Å². The minimum absolute atomic E-state index is 0.202.